The number of quaternary nitrogens is 1. The van der Waals surface area contributed by atoms with E-state index in [9.17, 15) is 0 Å². The fourth-order valence-electron chi connectivity index (χ4n) is 2.85. The first-order valence-electron chi connectivity index (χ1n) is 6.67. The molecule has 0 bridgehead atoms. The first kappa shape index (κ1) is 13.7. The Labute approximate surface area is 114 Å². The fraction of sp³-hybridized carbons (Fsp3) is 0.533. The van der Waals surface area contributed by atoms with E-state index < -0.39 is 0 Å². The van der Waals surface area contributed by atoms with Crippen LogP contribution in [0, 0.1) is 11.3 Å². The van der Waals surface area contributed by atoms with Crippen molar-refractivity contribution >= 4 is 0 Å². The van der Waals surface area contributed by atoms with Crippen LogP contribution in [0.4, 0.5) is 0 Å². The minimum Gasteiger partial charge on any atom is -0.493 e. The highest BCUT2D eigenvalue weighted by Crippen LogP contribution is 2.33. The summed E-state index contributed by atoms with van der Waals surface area (Å²) in [6, 6.07) is 6.81. The molecule has 1 heterocycles. The minimum atomic E-state index is 0.400. The normalized spacial score (nSPS) is 21.4. The average molecular weight is 261 g/mol. The van der Waals surface area contributed by atoms with Gasteiger partial charge < -0.3 is 14.4 Å². The molecule has 1 aromatic rings. The van der Waals surface area contributed by atoms with Crippen LogP contribution in [0.2, 0.25) is 0 Å². The lowest BCUT2D eigenvalue weighted by Gasteiger charge is -2.32. The Morgan fingerprint density at radius 1 is 1.32 bits per heavy atom. The zero-order chi connectivity index (χ0) is 13.8. The van der Waals surface area contributed by atoms with E-state index in [2.05, 4.69) is 25.1 Å². The second kappa shape index (κ2) is 5.94. The molecule has 1 N–H and O–H groups in total. The number of rotatable bonds is 4. The molecule has 0 saturated heterocycles. The van der Waals surface area contributed by atoms with Crippen LogP contribution in [-0.2, 0) is 6.42 Å². The first-order chi connectivity index (χ1) is 9.21. The van der Waals surface area contributed by atoms with Crippen LogP contribution < -0.4 is 14.4 Å². The van der Waals surface area contributed by atoms with E-state index >= 15 is 0 Å². The summed E-state index contributed by atoms with van der Waals surface area (Å²) in [4.78, 5) is 1.47. The molecule has 0 radical (unpaired) electrons. The summed E-state index contributed by atoms with van der Waals surface area (Å²) in [5.74, 6) is 1.59. The number of methoxy groups -OCH3 is 2. The second-order valence-corrected chi connectivity index (χ2v) is 4.94. The molecule has 0 aliphatic carbocycles. The van der Waals surface area contributed by atoms with Gasteiger partial charge in [-0.2, -0.15) is 5.26 Å². The van der Waals surface area contributed by atoms with E-state index in [4.69, 9.17) is 14.7 Å². The van der Waals surface area contributed by atoms with E-state index in [0.717, 1.165) is 31.0 Å². The Bertz CT molecular complexity index is 494. The number of hydrogen-bond acceptors (Lipinski definition) is 3. The number of benzene rings is 1. The van der Waals surface area contributed by atoms with Crippen LogP contribution in [0.1, 0.15) is 30.5 Å². The van der Waals surface area contributed by atoms with Gasteiger partial charge in [-0.05, 0) is 24.6 Å². The van der Waals surface area contributed by atoms with Crippen molar-refractivity contribution < 1.29 is 14.4 Å². The molecule has 0 amide bonds. The molecular formula is C15H21N2O2+. The number of nitrogens with one attached hydrogen (secondary N) is 1. The van der Waals surface area contributed by atoms with Gasteiger partial charge in [0.15, 0.2) is 11.5 Å². The zero-order valence-corrected chi connectivity index (χ0v) is 11.8. The van der Waals surface area contributed by atoms with Crippen LogP contribution in [0.25, 0.3) is 0 Å². The monoisotopic (exact) mass is 261 g/mol. The van der Waals surface area contributed by atoms with Gasteiger partial charge in [0, 0.05) is 12.0 Å². The molecule has 102 valence electrons. The average Bonchev–Trinajstić information content (AvgIpc) is 2.45. The Balaban J connectivity index is 2.30. The van der Waals surface area contributed by atoms with Crippen molar-refractivity contribution in [2.75, 3.05) is 27.3 Å². The Kier molecular flexibility index (Phi) is 4.28. The highest BCUT2D eigenvalue weighted by molar-refractivity contribution is 5.48. The number of nitriles is 1. The van der Waals surface area contributed by atoms with Crippen molar-refractivity contribution in [2.45, 2.75) is 25.8 Å². The lowest BCUT2D eigenvalue weighted by atomic mass is 9.92. The van der Waals surface area contributed by atoms with Crippen LogP contribution in [0.15, 0.2) is 12.1 Å². The second-order valence-electron chi connectivity index (χ2n) is 4.94. The third kappa shape index (κ3) is 2.66. The van der Waals surface area contributed by atoms with Crippen LogP contribution >= 0.6 is 0 Å². The van der Waals surface area contributed by atoms with Crippen molar-refractivity contribution in [1.82, 2.24) is 0 Å². The summed E-state index contributed by atoms with van der Waals surface area (Å²) in [7, 11) is 3.33. The van der Waals surface area contributed by atoms with Crippen LogP contribution in [0.3, 0.4) is 0 Å². The van der Waals surface area contributed by atoms with E-state index in [-0.39, 0.29) is 0 Å². The predicted octanol–water partition coefficient (Wildman–Crippen LogP) is 1.12. The number of fused-ring (bicyclic) bond motifs is 1. The van der Waals surface area contributed by atoms with Gasteiger partial charge >= 0.3 is 0 Å². The Morgan fingerprint density at radius 3 is 2.63 bits per heavy atom. The van der Waals surface area contributed by atoms with Crippen LogP contribution in [-0.4, -0.2) is 27.3 Å². The van der Waals surface area contributed by atoms with Gasteiger partial charge in [0.25, 0.3) is 0 Å². The van der Waals surface area contributed by atoms with E-state index in [1.165, 1.54) is 16.0 Å². The molecule has 1 aromatic carbocycles. The van der Waals surface area contributed by atoms with Crippen molar-refractivity contribution in [3.8, 4) is 17.6 Å². The summed E-state index contributed by atoms with van der Waals surface area (Å²) in [6.45, 7) is 4.20. The maximum Gasteiger partial charge on any atom is 0.161 e. The number of ether oxygens (including phenoxy) is 2. The summed E-state index contributed by atoms with van der Waals surface area (Å²) in [5, 5.41) is 8.73. The van der Waals surface area contributed by atoms with Gasteiger partial charge in [-0.25, -0.2) is 0 Å². The third-order valence-electron chi connectivity index (χ3n) is 4.00. The SMILES string of the molecule is COc1cc2c(cc1OC)[C@@H](C)[NH+](CCC#N)CC2. The van der Waals surface area contributed by atoms with Crippen molar-refractivity contribution in [2.24, 2.45) is 0 Å². The summed E-state index contributed by atoms with van der Waals surface area (Å²) in [6.07, 6.45) is 1.64. The van der Waals surface area contributed by atoms with E-state index in [1.807, 2.05) is 0 Å². The van der Waals surface area contributed by atoms with E-state index in [1.54, 1.807) is 14.2 Å². The highest BCUT2D eigenvalue weighted by atomic mass is 16.5. The van der Waals surface area contributed by atoms with E-state index in [0.29, 0.717) is 12.5 Å². The van der Waals surface area contributed by atoms with Gasteiger partial charge in [0.1, 0.15) is 6.04 Å². The topological polar surface area (TPSA) is 46.7 Å². The molecule has 0 aromatic heterocycles. The lowest BCUT2D eigenvalue weighted by Crippen LogP contribution is -3.13. The number of hydrogen-bond donors (Lipinski definition) is 1. The molecule has 1 aliphatic rings. The molecule has 19 heavy (non-hydrogen) atoms. The summed E-state index contributed by atoms with van der Waals surface area (Å²) >= 11 is 0. The molecule has 2 atom stereocenters. The molecule has 4 nitrogen and oxygen atoms in total. The summed E-state index contributed by atoms with van der Waals surface area (Å²) in [5.41, 5.74) is 2.66. The molecule has 0 fully saturated rings. The summed E-state index contributed by atoms with van der Waals surface area (Å²) < 4.78 is 10.7. The quantitative estimate of drug-likeness (QED) is 0.883. The molecule has 1 aliphatic heterocycles. The lowest BCUT2D eigenvalue weighted by molar-refractivity contribution is -0.931. The number of nitrogens with zero attached hydrogens (tertiary/aromatic N) is 1. The van der Waals surface area contributed by atoms with Gasteiger partial charge in [0.05, 0.1) is 39.8 Å². The van der Waals surface area contributed by atoms with Crippen molar-refractivity contribution in [3.05, 3.63) is 23.3 Å². The standard InChI is InChI=1S/C15H20N2O2/c1-11-13-10-15(19-3)14(18-2)9-12(13)5-8-17(11)7-4-6-16/h9-11H,4-5,7-8H2,1-3H3/p+1/t11-/m1/s1. The molecule has 0 saturated carbocycles. The molecule has 2 rings (SSSR count). The van der Waals surface area contributed by atoms with Crippen molar-refractivity contribution in [3.63, 3.8) is 0 Å². The van der Waals surface area contributed by atoms with Crippen LogP contribution in [0.5, 0.6) is 11.5 Å². The molecule has 4 heteroatoms. The Hall–Kier alpha value is -1.73. The highest BCUT2D eigenvalue weighted by Gasteiger charge is 2.28. The first-order valence-corrected chi connectivity index (χ1v) is 6.67. The van der Waals surface area contributed by atoms with Gasteiger partial charge in [-0.3, -0.25) is 0 Å². The maximum atomic E-state index is 8.73. The maximum absolute atomic E-state index is 8.73. The predicted molar refractivity (Wildman–Crippen MR) is 72.6 cm³/mol. The Morgan fingerprint density at radius 2 is 2.00 bits per heavy atom. The smallest absolute Gasteiger partial charge is 0.161 e. The largest absolute Gasteiger partial charge is 0.493 e. The minimum absolute atomic E-state index is 0.400. The van der Waals surface area contributed by atoms with Gasteiger partial charge in [0.2, 0.25) is 0 Å². The van der Waals surface area contributed by atoms with Crippen molar-refractivity contribution in [1.29, 1.82) is 5.26 Å². The molecule has 1 unspecified atom stereocenters. The molecule has 0 spiro atoms. The van der Waals surface area contributed by atoms with Gasteiger partial charge in [-0.15, -0.1) is 0 Å². The zero-order valence-electron chi connectivity index (χ0n) is 11.8. The van der Waals surface area contributed by atoms with Gasteiger partial charge in [-0.1, -0.05) is 0 Å². The third-order valence-corrected chi connectivity index (χ3v) is 4.00. The fourth-order valence-corrected chi connectivity index (χ4v) is 2.85. The molecular weight excluding hydrogens is 240 g/mol.